The number of ether oxygens (including phenoxy) is 1. The minimum absolute atomic E-state index is 0.00371. The molecule has 120 valence electrons. The lowest BCUT2D eigenvalue weighted by Crippen LogP contribution is -2.15. The highest BCUT2D eigenvalue weighted by atomic mass is 16.5. The number of aromatic amines is 1. The van der Waals surface area contributed by atoms with Gasteiger partial charge in [-0.1, -0.05) is 18.2 Å². The van der Waals surface area contributed by atoms with Crippen LogP contribution >= 0.6 is 0 Å². The number of hydrogen-bond acceptors (Lipinski definition) is 5. The van der Waals surface area contributed by atoms with Gasteiger partial charge in [0.25, 0.3) is 5.56 Å². The third-order valence-electron chi connectivity index (χ3n) is 3.64. The molecule has 0 aliphatic carbocycles. The van der Waals surface area contributed by atoms with E-state index >= 15 is 0 Å². The van der Waals surface area contributed by atoms with E-state index in [0.29, 0.717) is 29.2 Å². The molecule has 0 radical (unpaired) electrons. The molecule has 0 fully saturated rings. The van der Waals surface area contributed by atoms with Gasteiger partial charge in [0.1, 0.15) is 23.0 Å². The monoisotopic (exact) mass is 321 g/mol. The summed E-state index contributed by atoms with van der Waals surface area (Å²) in [5.74, 6) is 0.545. The molecule has 6 nitrogen and oxygen atoms in total. The van der Waals surface area contributed by atoms with E-state index in [9.17, 15) is 10.1 Å². The van der Waals surface area contributed by atoms with E-state index in [1.54, 1.807) is 31.2 Å². The van der Waals surface area contributed by atoms with Crippen molar-refractivity contribution in [1.29, 1.82) is 10.7 Å². The molecule has 0 saturated carbocycles. The minimum Gasteiger partial charge on any atom is -0.493 e. The van der Waals surface area contributed by atoms with Gasteiger partial charge in [0, 0.05) is 22.9 Å². The van der Waals surface area contributed by atoms with Gasteiger partial charge in [0.15, 0.2) is 0 Å². The van der Waals surface area contributed by atoms with Crippen molar-refractivity contribution in [3.63, 3.8) is 0 Å². The van der Waals surface area contributed by atoms with Gasteiger partial charge in [-0.05, 0) is 19.9 Å². The van der Waals surface area contributed by atoms with Crippen LogP contribution in [0.5, 0.6) is 5.75 Å². The number of pyridine rings is 1. The van der Waals surface area contributed by atoms with Gasteiger partial charge in [0.2, 0.25) is 5.55 Å². The van der Waals surface area contributed by atoms with Crippen LogP contribution < -0.4 is 15.9 Å². The number of nitrogens with one attached hydrogen (secondary N) is 2. The van der Waals surface area contributed by atoms with E-state index in [2.05, 4.69) is 4.98 Å². The fourth-order valence-corrected chi connectivity index (χ4v) is 2.71. The normalized spacial score (nSPS) is 10.5. The van der Waals surface area contributed by atoms with Gasteiger partial charge >= 0.3 is 0 Å². The third-order valence-corrected chi connectivity index (χ3v) is 3.64. The molecule has 2 heterocycles. The lowest BCUT2D eigenvalue weighted by molar-refractivity contribution is 0.341. The number of H-pyrrole nitrogens is 1. The second-order valence-electron chi connectivity index (χ2n) is 5.24. The number of aromatic nitrogens is 1. The van der Waals surface area contributed by atoms with Crippen molar-refractivity contribution in [3.8, 4) is 22.9 Å². The first kappa shape index (κ1) is 15.6. The minimum atomic E-state index is -0.369. The van der Waals surface area contributed by atoms with Crippen molar-refractivity contribution in [2.75, 3.05) is 6.61 Å². The van der Waals surface area contributed by atoms with Gasteiger partial charge < -0.3 is 14.1 Å². The molecule has 0 unspecified atom stereocenters. The summed E-state index contributed by atoms with van der Waals surface area (Å²) in [6, 6.07) is 10.8. The van der Waals surface area contributed by atoms with Crippen LogP contribution in [-0.2, 0) is 0 Å². The first-order valence-electron chi connectivity index (χ1n) is 7.44. The lowest BCUT2D eigenvalue weighted by atomic mass is 9.97. The van der Waals surface area contributed by atoms with Crippen molar-refractivity contribution in [2.45, 2.75) is 13.8 Å². The number of aryl methyl sites for hydroxylation is 1. The molecule has 3 aromatic rings. The second-order valence-corrected chi connectivity index (χ2v) is 5.24. The largest absolute Gasteiger partial charge is 0.493 e. The van der Waals surface area contributed by atoms with Crippen molar-refractivity contribution in [3.05, 3.63) is 57.5 Å². The average Bonchev–Trinajstić information content (AvgIpc) is 2.54. The van der Waals surface area contributed by atoms with Crippen LogP contribution in [0.25, 0.3) is 22.1 Å². The van der Waals surface area contributed by atoms with Crippen LogP contribution in [0.15, 0.2) is 39.5 Å². The van der Waals surface area contributed by atoms with Crippen LogP contribution in [-0.4, -0.2) is 11.6 Å². The van der Waals surface area contributed by atoms with Gasteiger partial charge in [-0.3, -0.25) is 10.2 Å². The number of rotatable bonds is 3. The Morgan fingerprint density at radius 2 is 2.12 bits per heavy atom. The van der Waals surface area contributed by atoms with Gasteiger partial charge in [-0.25, -0.2) is 0 Å². The van der Waals surface area contributed by atoms with Crippen LogP contribution in [0.3, 0.4) is 0 Å². The summed E-state index contributed by atoms with van der Waals surface area (Å²) in [4.78, 5) is 15.2. The van der Waals surface area contributed by atoms with Crippen LogP contribution in [0, 0.1) is 23.7 Å². The average molecular weight is 321 g/mol. The molecule has 24 heavy (non-hydrogen) atoms. The first-order valence-corrected chi connectivity index (χ1v) is 7.44. The van der Waals surface area contributed by atoms with E-state index in [4.69, 9.17) is 14.6 Å². The van der Waals surface area contributed by atoms with Gasteiger partial charge in [-0.15, -0.1) is 0 Å². The zero-order valence-corrected chi connectivity index (χ0v) is 13.3. The van der Waals surface area contributed by atoms with Crippen molar-refractivity contribution in [1.82, 2.24) is 4.98 Å². The maximum atomic E-state index is 12.5. The highest BCUT2D eigenvalue weighted by molar-refractivity contribution is 5.97. The highest BCUT2D eigenvalue weighted by Gasteiger charge is 2.20. The summed E-state index contributed by atoms with van der Waals surface area (Å²) in [7, 11) is 0. The number of para-hydroxylation sites is 1. The Bertz CT molecular complexity index is 1090. The Hall–Kier alpha value is -3.33. The number of nitrogens with zero attached hydrogens (tertiary/aromatic N) is 1. The Morgan fingerprint density at radius 1 is 1.38 bits per heavy atom. The van der Waals surface area contributed by atoms with Crippen LogP contribution in [0.1, 0.15) is 18.2 Å². The maximum absolute atomic E-state index is 12.5. The fraction of sp³-hybridized carbons (Fsp3) is 0.167. The van der Waals surface area contributed by atoms with Crippen molar-refractivity contribution < 1.29 is 9.15 Å². The molecule has 0 amide bonds. The molecule has 6 heteroatoms. The maximum Gasteiger partial charge on any atom is 0.259 e. The highest BCUT2D eigenvalue weighted by Crippen LogP contribution is 2.35. The Morgan fingerprint density at radius 3 is 2.83 bits per heavy atom. The molecule has 3 rings (SSSR count). The number of benzene rings is 1. The summed E-state index contributed by atoms with van der Waals surface area (Å²) in [5.41, 5.74) is 1.17. The molecule has 0 saturated heterocycles. The Balaban J connectivity index is 2.54. The quantitative estimate of drug-likeness (QED) is 0.774. The second kappa shape index (κ2) is 6.05. The van der Waals surface area contributed by atoms with E-state index in [0.717, 1.165) is 0 Å². The molecule has 0 aliphatic rings. The third kappa shape index (κ3) is 2.46. The van der Waals surface area contributed by atoms with Crippen LogP contribution in [0.2, 0.25) is 0 Å². The smallest absolute Gasteiger partial charge is 0.259 e. The number of nitriles is 1. The molecular weight excluding hydrogens is 306 g/mol. The summed E-state index contributed by atoms with van der Waals surface area (Å²) < 4.78 is 11.0. The van der Waals surface area contributed by atoms with Crippen molar-refractivity contribution in [2.24, 2.45) is 0 Å². The Kier molecular flexibility index (Phi) is 3.92. The lowest BCUT2D eigenvalue weighted by Gasteiger charge is -2.13. The summed E-state index contributed by atoms with van der Waals surface area (Å²) in [6.45, 7) is 4.02. The summed E-state index contributed by atoms with van der Waals surface area (Å²) >= 11 is 0. The van der Waals surface area contributed by atoms with E-state index in [1.807, 2.05) is 19.1 Å². The number of hydrogen-bond donors (Lipinski definition) is 2. The molecule has 2 N–H and O–H groups in total. The summed E-state index contributed by atoms with van der Waals surface area (Å²) in [5, 5.41) is 17.8. The van der Waals surface area contributed by atoms with Gasteiger partial charge in [-0.2, -0.15) is 5.26 Å². The van der Waals surface area contributed by atoms with Crippen LogP contribution in [0.4, 0.5) is 0 Å². The zero-order valence-electron chi connectivity index (χ0n) is 13.3. The molecule has 0 atom stereocenters. The molecule has 0 aliphatic heterocycles. The van der Waals surface area contributed by atoms with Crippen molar-refractivity contribution >= 4 is 11.0 Å². The molecule has 1 aromatic carbocycles. The van der Waals surface area contributed by atoms with E-state index in [1.165, 1.54) is 0 Å². The summed E-state index contributed by atoms with van der Waals surface area (Å²) in [6.07, 6.45) is 0. The first-order chi connectivity index (χ1) is 11.6. The predicted octanol–water partition coefficient (Wildman–Crippen LogP) is 2.85. The number of fused-ring (bicyclic) bond motifs is 1. The molecular formula is C18H15N3O3. The predicted molar refractivity (Wildman–Crippen MR) is 88.7 cm³/mol. The SMILES string of the molecule is CCOc1ccccc1-c1c(C#N)c(=N)oc2cc(C)[nH]c(=O)c12. The van der Waals surface area contributed by atoms with E-state index in [-0.39, 0.29) is 27.6 Å². The molecule has 0 bridgehead atoms. The standard InChI is InChI=1S/C18H15N3O3/c1-3-23-13-7-5-4-6-11(13)15-12(9-19)17(20)24-14-8-10(2)21-18(22)16(14)15/h4-8,20H,3H2,1-2H3,(H,21,22). The zero-order chi connectivity index (χ0) is 17.3. The fourth-order valence-electron chi connectivity index (χ4n) is 2.71. The van der Waals surface area contributed by atoms with E-state index < -0.39 is 0 Å². The molecule has 0 spiro atoms. The topological polar surface area (TPSA) is 103 Å². The van der Waals surface area contributed by atoms with Gasteiger partial charge in [0.05, 0.1) is 12.0 Å². The Labute approximate surface area is 137 Å². The molecule has 2 aromatic heterocycles.